The lowest BCUT2D eigenvalue weighted by atomic mass is 10.1. The molecule has 0 amide bonds. The van der Waals surface area contributed by atoms with Crippen LogP contribution in [0, 0.1) is 0 Å². The minimum absolute atomic E-state index is 0.110. The third kappa shape index (κ3) is 4.07. The molecule has 0 spiro atoms. The summed E-state index contributed by atoms with van der Waals surface area (Å²) in [6, 6.07) is 14.0. The summed E-state index contributed by atoms with van der Waals surface area (Å²) in [6.07, 6.45) is 1.81. The van der Waals surface area contributed by atoms with E-state index in [1.807, 2.05) is 18.3 Å². The van der Waals surface area contributed by atoms with E-state index in [9.17, 15) is 15.0 Å². The molecule has 3 rings (SSSR count). The topological polar surface area (TPSA) is 83.7 Å². The predicted octanol–water partition coefficient (Wildman–Crippen LogP) is 3.94. The van der Waals surface area contributed by atoms with Crippen molar-refractivity contribution in [2.75, 3.05) is 12.4 Å². The molecule has 1 aromatic heterocycles. The summed E-state index contributed by atoms with van der Waals surface area (Å²) in [5.41, 5.74) is 3.00. The largest absolute Gasteiger partial charge is 0.495 e. The molecule has 1 heterocycles. The van der Waals surface area contributed by atoms with Crippen LogP contribution < -0.4 is 10.1 Å². The zero-order chi connectivity index (χ0) is 19.4. The van der Waals surface area contributed by atoms with Crippen molar-refractivity contribution < 1.29 is 19.7 Å². The second-order valence-electron chi connectivity index (χ2n) is 5.89. The minimum Gasteiger partial charge on any atom is -0.495 e. The van der Waals surface area contributed by atoms with Gasteiger partial charge >= 0.3 is 5.97 Å². The summed E-state index contributed by atoms with van der Waals surface area (Å²) in [7, 11) is 1.55. The van der Waals surface area contributed by atoms with E-state index >= 15 is 0 Å². The number of aromatic carboxylic acids is 1. The number of aliphatic hydroxyl groups excluding tert-OH is 1. The quantitative estimate of drug-likeness (QED) is 0.572. The lowest BCUT2D eigenvalue weighted by Crippen LogP contribution is -2.08. The van der Waals surface area contributed by atoms with Crippen molar-refractivity contribution in [3.05, 3.63) is 76.6 Å². The average Bonchev–Trinajstić information content (AvgIpc) is 3.15. The number of aromatic nitrogens is 1. The monoisotopic (exact) mass is 386 g/mol. The van der Waals surface area contributed by atoms with Gasteiger partial charge in [0.1, 0.15) is 5.75 Å². The molecule has 0 saturated heterocycles. The summed E-state index contributed by atoms with van der Waals surface area (Å²) in [6.45, 7) is 0.284. The molecule has 0 bridgehead atoms. The van der Waals surface area contributed by atoms with E-state index in [-0.39, 0.29) is 12.2 Å². The second kappa shape index (κ2) is 8.16. The number of carboxylic acids is 1. The Hall–Kier alpha value is -2.96. The zero-order valence-corrected chi connectivity index (χ0v) is 15.4. The Labute approximate surface area is 161 Å². The number of ether oxygens (including phenoxy) is 1. The molecule has 0 aliphatic rings. The van der Waals surface area contributed by atoms with E-state index < -0.39 is 5.97 Å². The van der Waals surface area contributed by atoms with Crippen LogP contribution in [0.1, 0.15) is 21.6 Å². The maximum Gasteiger partial charge on any atom is 0.337 e. The van der Waals surface area contributed by atoms with Gasteiger partial charge in [0.05, 0.1) is 30.0 Å². The van der Waals surface area contributed by atoms with E-state index in [0.717, 1.165) is 11.3 Å². The van der Waals surface area contributed by atoms with Gasteiger partial charge in [-0.05, 0) is 48.0 Å². The molecular weight excluding hydrogens is 368 g/mol. The van der Waals surface area contributed by atoms with E-state index in [1.54, 1.807) is 48.1 Å². The second-order valence-corrected chi connectivity index (χ2v) is 6.29. The predicted molar refractivity (Wildman–Crippen MR) is 104 cm³/mol. The molecule has 27 heavy (non-hydrogen) atoms. The Balaban J connectivity index is 1.89. The van der Waals surface area contributed by atoms with Crippen molar-refractivity contribution in [3.63, 3.8) is 0 Å². The smallest absolute Gasteiger partial charge is 0.337 e. The summed E-state index contributed by atoms with van der Waals surface area (Å²) >= 11 is 6.15. The molecule has 0 aliphatic heterocycles. The number of benzene rings is 2. The molecule has 3 N–H and O–H groups in total. The summed E-state index contributed by atoms with van der Waals surface area (Å²) < 4.78 is 6.95. The van der Waals surface area contributed by atoms with Gasteiger partial charge in [-0.25, -0.2) is 4.79 Å². The van der Waals surface area contributed by atoms with Crippen molar-refractivity contribution in [3.8, 4) is 11.4 Å². The highest BCUT2D eigenvalue weighted by Gasteiger charge is 2.13. The van der Waals surface area contributed by atoms with Crippen molar-refractivity contribution in [2.45, 2.75) is 13.2 Å². The standard InChI is InChI=1S/C20H19ClN2O4/c1-27-19-7-4-13(9-17(19)21)11-22-18-10-14(5-6-16(18)20(25)26)23-8-2-3-15(23)12-24/h2-10,22,24H,11-12H2,1H3,(H,25,26). The highest BCUT2D eigenvalue weighted by molar-refractivity contribution is 6.32. The van der Waals surface area contributed by atoms with E-state index in [0.29, 0.717) is 28.7 Å². The van der Waals surface area contributed by atoms with Gasteiger partial charge in [0.25, 0.3) is 0 Å². The first-order chi connectivity index (χ1) is 13.0. The molecule has 0 atom stereocenters. The molecule has 0 saturated carbocycles. The van der Waals surface area contributed by atoms with Crippen LogP contribution in [0.4, 0.5) is 5.69 Å². The third-order valence-corrected chi connectivity index (χ3v) is 4.50. The fourth-order valence-electron chi connectivity index (χ4n) is 2.83. The molecule has 140 valence electrons. The number of nitrogens with zero attached hydrogens (tertiary/aromatic N) is 1. The third-order valence-electron chi connectivity index (χ3n) is 4.21. The summed E-state index contributed by atoms with van der Waals surface area (Å²) in [4.78, 5) is 11.6. The fraction of sp³-hybridized carbons (Fsp3) is 0.150. The first kappa shape index (κ1) is 18.8. The molecule has 2 aromatic carbocycles. The van der Waals surface area contributed by atoms with Crippen molar-refractivity contribution in [2.24, 2.45) is 0 Å². The number of anilines is 1. The van der Waals surface area contributed by atoms with Crippen LogP contribution in [0.3, 0.4) is 0 Å². The highest BCUT2D eigenvalue weighted by atomic mass is 35.5. The molecule has 6 nitrogen and oxygen atoms in total. The zero-order valence-electron chi connectivity index (χ0n) is 14.6. The van der Waals surface area contributed by atoms with Crippen LogP contribution in [0.2, 0.25) is 5.02 Å². The first-order valence-corrected chi connectivity index (χ1v) is 8.62. The molecule has 3 aromatic rings. The number of halogens is 1. The Bertz CT molecular complexity index is 968. The van der Waals surface area contributed by atoms with E-state index in [2.05, 4.69) is 5.32 Å². The van der Waals surface area contributed by atoms with E-state index in [1.165, 1.54) is 0 Å². The average molecular weight is 387 g/mol. The van der Waals surface area contributed by atoms with Crippen molar-refractivity contribution in [1.82, 2.24) is 4.57 Å². The molecule has 0 radical (unpaired) electrons. The molecular formula is C20H19ClN2O4. The molecule has 0 unspecified atom stereocenters. The maximum atomic E-state index is 11.6. The van der Waals surface area contributed by atoms with Gasteiger partial charge in [-0.2, -0.15) is 0 Å². The lowest BCUT2D eigenvalue weighted by Gasteiger charge is -2.14. The van der Waals surface area contributed by atoms with Crippen LogP contribution in [-0.4, -0.2) is 27.9 Å². The Kier molecular flexibility index (Phi) is 5.69. The van der Waals surface area contributed by atoms with Gasteiger partial charge in [0.2, 0.25) is 0 Å². The Morgan fingerprint density at radius 3 is 2.70 bits per heavy atom. The van der Waals surface area contributed by atoms with Gasteiger partial charge in [-0.1, -0.05) is 17.7 Å². The number of rotatable bonds is 7. The fourth-order valence-corrected chi connectivity index (χ4v) is 3.11. The van der Waals surface area contributed by atoms with E-state index in [4.69, 9.17) is 16.3 Å². The van der Waals surface area contributed by atoms with Crippen LogP contribution in [0.25, 0.3) is 5.69 Å². The van der Waals surface area contributed by atoms with Crippen LogP contribution in [0.5, 0.6) is 5.75 Å². The number of carboxylic acid groups (broad SMARTS) is 1. The van der Waals surface area contributed by atoms with Crippen LogP contribution >= 0.6 is 11.6 Å². The number of methoxy groups -OCH3 is 1. The van der Waals surface area contributed by atoms with Crippen molar-refractivity contribution >= 4 is 23.3 Å². The van der Waals surface area contributed by atoms with Crippen LogP contribution in [-0.2, 0) is 13.2 Å². The highest BCUT2D eigenvalue weighted by Crippen LogP contribution is 2.26. The molecule has 0 fully saturated rings. The lowest BCUT2D eigenvalue weighted by molar-refractivity contribution is 0.0698. The number of hydrogen-bond acceptors (Lipinski definition) is 4. The summed E-state index contributed by atoms with van der Waals surface area (Å²) in [5.74, 6) is -0.440. The maximum absolute atomic E-state index is 11.6. The van der Waals surface area contributed by atoms with Gasteiger partial charge in [0.15, 0.2) is 0 Å². The SMILES string of the molecule is COc1ccc(CNc2cc(-n3cccc3CO)ccc2C(=O)O)cc1Cl. The normalized spacial score (nSPS) is 10.6. The number of nitrogens with one attached hydrogen (secondary N) is 1. The van der Waals surface area contributed by atoms with Gasteiger partial charge < -0.3 is 24.8 Å². The Morgan fingerprint density at radius 1 is 1.22 bits per heavy atom. The number of carbonyl (C=O) groups is 1. The van der Waals surface area contributed by atoms with Gasteiger partial charge in [-0.3, -0.25) is 0 Å². The Morgan fingerprint density at radius 2 is 2.04 bits per heavy atom. The molecule has 7 heteroatoms. The van der Waals surface area contributed by atoms with Gasteiger partial charge in [0, 0.05) is 24.1 Å². The minimum atomic E-state index is -1.02. The number of hydrogen-bond donors (Lipinski definition) is 3. The summed E-state index contributed by atoms with van der Waals surface area (Å²) in [5, 5.41) is 22.6. The van der Waals surface area contributed by atoms with Crippen LogP contribution in [0.15, 0.2) is 54.7 Å². The first-order valence-electron chi connectivity index (χ1n) is 8.24. The number of aliphatic hydroxyl groups is 1. The van der Waals surface area contributed by atoms with Crippen molar-refractivity contribution in [1.29, 1.82) is 0 Å². The van der Waals surface area contributed by atoms with Gasteiger partial charge in [-0.15, -0.1) is 0 Å². The molecule has 0 aliphatic carbocycles.